The molecule has 0 fully saturated rings. The first-order chi connectivity index (χ1) is 11.3. The van der Waals surface area contributed by atoms with Gasteiger partial charge in [0.25, 0.3) is 0 Å². The van der Waals surface area contributed by atoms with Gasteiger partial charge in [0.05, 0.1) is 7.11 Å². The SMILES string of the molecule is COc1ccc(-c2ccc(OC(F)(F)F)c(OCCN)c2)c(F)c1. The molecule has 24 heavy (non-hydrogen) atoms. The van der Waals surface area contributed by atoms with Gasteiger partial charge in [0.1, 0.15) is 18.2 Å². The van der Waals surface area contributed by atoms with Crippen molar-refractivity contribution in [2.75, 3.05) is 20.3 Å². The standard InChI is InChI=1S/C16H15F4NO3/c1-22-11-3-4-12(13(17)9-11)10-2-5-14(24-16(18,19)20)15(8-10)23-7-6-21/h2-5,8-9H,6-7,21H2,1H3. The summed E-state index contributed by atoms with van der Waals surface area (Å²) in [4.78, 5) is 0. The van der Waals surface area contributed by atoms with Crippen LogP contribution in [0.25, 0.3) is 11.1 Å². The third-order valence-corrected chi connectivity index (χ3v) is 3.03. The number of halogens is 4. The van der Waals surface area contributed by atoms with Gasteiger partial charge < -0.3 is 19.9 Å². The molecule has 0 saturated heterocycles. The van der Waals surface area contributed by atoms with E-state index in [4.69, 9.17) is 15.2 Å². The van der Waals surface area contributed by atoms with E-state index in [0.29, 0.717) is 11.3 Å². The zero-order valence-corrected chi connectivity index (χ0v) is 12.7. The molecule has 0 saturated carbocycles. The highest BCUT2D eigenvalue weighted by Gasteiger charge is 2.32. The molecule has 0 radical (unpaired) electrons. The van der Waals surface area contributed by atoms with Gasteiger partial charge >= 0.3 is 6.36 Å². The number of hydrogen-bond acceptors (Lipinski definition) is 4. The Labute approximate surface area is 135 Å². The first kappa shape index (κ1) is 17.9. The molecule has 0 aromatic heterocycles. The lowest BCUT2D eigenvalue weighted by atomic mass is 10.0. The van der Waals surface area contributed by atoms with Gasteiger partial charge in [-0.3, -0.25) is 0 Å². The average Bonchev–Trinajstić information content (AvgIpc) is 2.52. The van der Waals surface area contributed by atoms with Crippen molar-refractivity contribution in [1.82, 2.24) is 0 Å². The second-order valence-corrected chi connectivity index (χ2v) is 4.69. The third kappa shape index (κ3) is 4.51. The lowest BCUT2D eigenvalue weighted by molar-refractivity contribution is -0.275. The van der Waals surface area contributed by atoms with E-state index in [1.807, 2.05) is 0 Å². The molecule has 8 heteroatoms. The predicted molar refractivity (Wildman–Crippen MR) is 79.6 cm³/mol. The van der Waals surface area contributed by atoms with E-state index in [1.165, 1.54) is 31.4 Å². The van der Waals surface area contributed by atoms with Gasteiger partial charge in [-0.2, -0.15) is 0 Å². The zero-order chi connectivity index (χ0) is 17.7. The quantitative estimate of drug-likeness (QED) is 0.811. The molecule has 130 valence electrons. The van der Waals surface area contributed by atoms with Crippen molar-refractivity contribution < 1.29 is 31.8 Å². The summed E-state index contributed by atoms with van der Waals surface area (Å²) in [6, 6.07) is 7.82. The Kier molecular flexibility index (Phi) is 5.50. The first-order valence-electron chi connectivity index (χ1n) is 6.90. The van der Waals surface area contributed by atoms with Crippen molar-refractivity contribution in [2.45, 2.75) is 6.36 Å². The Morgan fingerprint density at radius 1 is 1.04 bits per heavy atom. The number of nitrogens with two attached hydrogens (primary N) is 1. The Hall–Kier alpha value is -2.48. The van der Waals surface area contributed by atoms with Gasteiger partial charge in [0.2, 0.25) is 0 Å². The van der Waals surface area contributed by atoms with Gasteiger partial charge in [0.15, 0.2) is 11.5 Å². The average molecular weight is 345 g/mol. The lowest BCUT2D eigenvalue weighted by Crippen LogP contribution is -2.18. The minimum atomic E-state index is -4.87. The fourth-order valence-electron chi connectivity index (χ4n) is 2.02. The first-order valence-corrected chi connectivity index (χ1v) is 6.90. The van der Waals surface area contributed by atoms with E-state index < -0.39 is 17.9 Å². The molecule has 2 N–H and O–H groups in total. The molecule has 2 aromatic rings. The summed E-state index contributed by atoms with van der Waals surface area (Å²) in [6.45, 7) is 0.0926. The minimum Gasteiger partial charge on any atom is -0.497 e. The predicted octanol–water partition coefficient (Wildman–Crippen LogP) is 3.74. The molecule has 0 amide bonds. The van der Waals surface area contributed by atoms with Crippen LogP contribution in [0, 0.1) is 5.82 Å². The van der Waals surface area contributed by atoms with Gasteiger partial charge in [-0.15, -0.1) is 13.2 Å². The Morgan fingerprint density at radius 2 is 1.79 bits per heavy atom. The molecule has 0 aliphatic heterocycles. The molecule has 0 heterocycles. The zero-order valence-electron chi connectivity index (χ0n) is 12.7. The van der Waals surface area contributed by atoms with Crippen LogP contribution in [-0.2, 0) is 0 Å². The molecule has 2 rings (SSSR count). The van der Waals surface area contributed by atoms with Crippen molar-refractivity contribution in [3.8, 4) is 28.4 Å². The summed E-state index contributed by atoms with van der Waals surface area (Å²) in [7, 11) is 1.40. The molecule has 0 aliphatic carbocycles. The van der Waals surface area contributed by atoms with E-state index in [2.05, 4.69) is 4.74 Å². The Bertz CT molecular complexity index is 704. The van der Waals surface area contributed by atoms with Crippen molar-refractivity contribution in [2.24, 2.45) is 5.73 Å². The van der Waals surface area contributed by atoms with Gasteiger partial charge in [-0.05, 0) is 29.8 Å². The number of rotatable bonds is 6. The van der Waals surface area contributed by atoms with Crippen LogP contribution in [0.15, 0.2) is 36.4 Å². The molecule has 0 atom stereocenters. The summed E-state index contributed by atoms with van der Waals surface area (Å²) in [5.74, 6) is -0.949. The van der Waals surface area contributed by atoms with Crippen LogP contribution in [0.3, 0.4) is 0 Å². The van der Waals surface area contributed by atoms with Gasteiger partial charge in [-0.1, -0.05) is 6.07 Å². The summed E-state index contributed by atoms with van der Waals surface area (Å²) in [6.07, 6.45) is -4.87. The van der Waals surface area contributed by atoms with Crippen LogP contribution in [-0.4, -0.2) is 26.6 Å². The molecule has 2 aromatic carbocycles. The fraction of sp³-hybridized carbons (Fsp3) is 0.250. The fourth-order valence-corrected chi connectivity index (χ4v) is 2.02. The molecule has 4 nitrogen and oxygen atoms in total. The molecular weight excluding hydrogens is 330 g/mol. The molecule has 0 aliphatic rings. The number of methoxy groups -OCH3 is 1. The van der Waals surface area contributed by atoms with Crippen molar-refractivity contribution in [1.29, 1.82) is 0 Å². The monoisotopic (exact) mass is 345 g/mol. The van der Waals surface area contributed by atoms with Crippen LogP contribution in [0.1, 0.15) is 0 Å². The number of alkyl halides is 3. The van der Waals surface area contributed by atoms with E-state index in [1.54, 1.807) is 6.07 Å². The van der Waals surface area contributed by atoms with Crippen LogP contribution >= 0.6 is 0 Å². The summed E-state index contributed by atoms with van der Waals surface area (Å²) < 4.78 is 65.4. The number of ether oxygens (including phenoxy) is 3. The largest absolute Gasteiger partial charge is 0.573 e. The third-order valence-electron chi connectivity index (χ3n) is 3.03. The number of benzene rings is 2. The topological polar surface area (TPSA) is 53.7 Å². The Morgan fingerprint density at radius 3 is 2.38 bits per heavy atom. The van der Waals surface area contributed by atoms with Gasteiger partial charge in [0, 0.05) is 18.2 Å². The Balaban J connectivity index is 2.41. The van der Waals surface area contributed by atoms with Crippen LogP contribution in [0.4, 0.5) is 17.6 Å². The minimum absolute atomic E-state index is 0.0111. The normalized spacial score (nSPS) is 11.2. The second kappa shape index (κ2) is 7.39. The lowest BCUT2D eigenvalue weighted by Gasteiger charge is -2.15. The van der Waals surface area contributed by atoms with Crippen molar-refractivity contribution >= 4 is 0 Å². The van der Waals surface area contributed by atoms with Crippen LogP contribution in [0.5, 0.6) is 17.2 Å². The molecule has 0 unspecified atom stereocenters. The molecule has 0 spiro atoms. The maximum atomic E-state index is 14.1. The summed E-state index contributed by atoms with van der Waals surface area (Å²) in [5, 5.41) is 0. The van der Waals surface area contributed by atoms with Crippen LogP contribution in [0.2, 0.25) is 0 Å². The van der Waals surface area contributed by atoms with E-state index in [0.717, 1.165) is 6.07 Å². The molecular formula is C16H15F4NO3. The maximum Gasteiger partial charge on any atom is 0.573 e. The second-order valence-electron chi connectivity index (χ2n) is 4.69. The highest BCUT2D eigenvalue weighted by atomic mass is 19.4. The molecule has 0 bridgehead atoms. The van der Waals surface area contributed by atoms with E-state index in [9.17, 15) is 17.6 Å². The van der Waals surface area contributed by atoms with Crippen molar-refractivity contribution in [3.63, 3.8) is 0 Å². The van der Waals surface area contributed by atoms with E-state index in [-0.39, 0.29) is 24.5 Å². The van der Waals surface area contributed by atoms with E-state index >= 15 is 0 Å². The number of hydrogen-bond donors (Lipinski definition) is 1. The van der Waals surface area contributed by atoms with Crippen LogP contribution < -0.4 is 19.9 Å². The maximum absolute atomic E-state index is 14.1. The highest BCUT2D eigenvalue weighted by molar-refractivity contribution is 5.68. The summed E-state index contributed by atoms with van der Waals surface area (Å²) >= 11 is 0. The van der Waals surface area contributed by atoms with Crippen molar-refractivity contribution in [3.05, 3.63) is 42.2 Å². The summed E-state index contributed by atoms with van der Waals surface area (Å²) in [5.41, 5.74) is 5.81. The smallest absolute Gasteiger partial charge is 0.497 e. The van der Waals surface area contributed by atoms with Gasteiger partial charge in [-0.25, -0.2) is 4.39 Å². The highest BCUT2D eigenvalue weighted by Crippen LogP contribution is 2.37.